The lowest BCUT2D eigenvalue weighted by atomic mass is 10.2. The normalized spacial score (nSPS) is 11.2. The van der Waals surface area contributed by atoms with Gasteiger partial charge in [-0.05, 0) is 73.5 Å². The molecule has 1 heterocycles. The SMILES string of the molecule is CCCCc1nc2ccc(Br)cc2c(=O)n1N=Cc1cc(Cl)c(OCC(=O)Nc2ccc(F)cc2)c(OCC)c1. The molecule has 3 aromatic carbocycles. The Morgan fingerprint density at radius 2 is 1.93 bits per heavy atom. The third-order valence-electron chi connectivity index (χ3n) is 5.76. The first-order chi connectivity index (χ1) is 19.3. The number of anilines is 1. The van der Waals surface area contributed by atoms with Crippen molar-refractivity contribution in [1.29, 1.82) is 0 Å². The van der Waals surface area contributed by atoms with Gasteiger partial charge in [0.05, 0.1) is 28.7 Å². The average Bonchev–Trinajstić information content (AvgIpc) is 2.93. The Bertz CT molecular complexity index is 1610. The van der Waals surface area contributed by atoms with Crippen LogP contribution in [-0.4, -0.2) is 35.0 Å². The molecule has 0 aliphatic heterocycles. The largest absolute Gasteiger partial charge is 0.490 e. The number of hydrogen-bond acceptors (Lipinski definition) is 6. The zero-order valence-electron chi connectivity index (χ0n) is 21.9. The maximum atomic E-state index is 13.3. The van der Waals surface area contributed by atoms with Crippen molar-refractivity contribution in [2.24, 2.45) is 5.10 Å². The van der Waals surface area contributed by atoms with Crippen LogP contribution in [-0.2, 0) is 11.2 Å². The first kappa shape index (κ1) is 29.2. The molecule has 0 saturated heterocycles. The van der Waals surface area contributed by atoms with Crippen LogP contribution in [0.4, 0.5) is 10.1 Å². The van der Waals surface area contributed by atoms with E-state index in [1.54, 1.807) is 31.2 Å². The minimum atomic E-state index is -0.454. The Labute approximate surface area is 243 Å². The highest BCUT2D eigenvalue weighted by Crippen LogP contribution is 2.36. The molecule has 1 amide bonds. The number of amides is 1. The van der Waals surface area contributed by atoms with Gasteiger partial charge in [-0.1, -0.05) is 40.9 Å². The van der Waals surface area contributed by atoms with Gasteiger partial charge in [-0.3, -0.25) is 9.59 Å². The Morgan fingerprint density at radius 1 is 1.15 bits per heavy atom. The van der Waals surface area contributed by atoms with Gasteiger partial charge in [-0.15, -0.1) is 0 Å². The molecule has 0 spiro atoms. The number of fused-ring (bicyclic) bond motifs is 1. The summed E-state index contributed by atoms with van der Waals surface area (Å²) in [5.74, 6) is 0.197. The lowest BCUT2D eigenvalue weighted by Crippen LogP contribution is -2.22. The van der Waals surface area contributed by atoms with E-state index in [4.69, 9.17) is 21.1 Å². The number of aryl methyl sites for hydroxylation is 1. The number of nitrogens with zero attached hydrogens (tertiary/aromatic N) is 3. The van der Waals surface area contributed by atoms with Gasteiger partial charge in [-0.25, -0.2) is 9.37 Å². The lowest BCUT2D eigenvalue weighted by molar-refractivity contribution is -0.118. The van der Waals surface area contributed by atoms with Gasteiger partial charge >= 0.3 is 0 Å². The highest BCUT2D eigenvalue weighted by Gasteiger charge is 2.15. The molecule has 0 bridgehead atoms. The van der Waals surface area contributed by atoms with E-state index in [0.29, 0.717) is 46.8 Å². The number of unbranched alkanes of at least 4 members (excludes halogenated alkanes) is 1. The molecule has 0 saturated carbocycles. The van der Waals surface area contributed by atoms with Gasteiger partial charge in [0.1, 0.15) is 11.6 Å². The Kier molecular flexibility index (Phi) is 9.89. The van der Waals surface area contributed by atoms with Crippen LogP contribution in [0.15, 0.2) is 69.0 Å². The quantitative estimate of drug-likeness (QED) is 0.189. The van der Waals surface area contributed by atoms with Gasteiger partial charge in [0.15, 0.2) is 18.1 Å². The molecule has 11 heteroatoms. The number of nitrogens with one attached hydrogen (secondary N) is 1. The molecule has 4 aromatic rings. The zero-order chi connectivity index (χ0) is 28.6. The number of carbonyl (C=O) groups is 1. The second-order valence-electron chi connectivity index (χ2n) is 8.76. The molecule has 0 atom stereocenters. The average molecular weight is 630 g/mol. The summed E-state index contributed by atoms with van der Waals surface area (Å²) in [5, 5.41) is 7.73. The third-order valence-corrected chi connectivity index (χ3v) is 6.53. The zero-order valence-corrected chi connectivity index (χ0v) is 24.3. The number of aromatic nitrogens is 2. The number of hydrogen-bond donors (Lipinski definition) is 1. The summed E-state index contributed by atoms with van der Waals surface area (Å²) >= 11 is 9.93. The summed E-state index contributed by atoms with van der Waals surface area (Å²) in [6.45, 7) is 3.84. The van der Waals surface area contributed by atoms with E-state index >= 15 is 0 Å². The van der Waals surface area contributed by atoms with Crippen LogP contribution >= 0.6 is 27.5 Å². The molecule has 4 rings (SSSR count). The van der Waals surface area contributed by atoms with E-state index < -0.39 is 11.7 Å². The summed E-state index contributed by atoms with van der Waals surface area (Å²) in [5.41, 5.74) is 1.32. The van der Waals surface area contributed by atoms with E-state index in [1.165, 1.54) is 35.2 Å². The van der Waals surface area contributed by atoms with Crippen molar-refractivity contribution >= 4 is 56.2 Å². The minimum absolute atomic E-state index is 0.188. The highest BCUT2D eigenvalue weighted by atomic mass is 79.9. The lowest BCUT2D eigenvalue weighted by Gasteiger charge is -2.14. The maximum Gasteiger partial charge on any atom is 0.282 e. The van der Waals surface area contributed by atoms with Crippen LogP contribution < -0.4 is 20.3 Å². The fraction of sp³-hybridized carbons (Fsp3) is 0.241. The molecule has 1 N–H and O–H groups in total. The first-order valence-corrected chi connectivity index (χ1v) is 13.9. The van der Waals surface area contributed by atoms with Crippen molar-refractivity contribution in [3.8, 4) is 11.5 Å². The second-order valence-corrected chi connectivity index (χ2v) is 10.1. The fourth-order valence-electron chi connectivity index (χ4n) is 3.87. The van der Waals surface area contributed by atoms with Crippen LogP contribution in [0.1, 0.15) is 38.1 Å². The van der Waals surface area contributed by atoms with E-state index in [2.05, 4.69) is 38.3 Å². The maximum absolute atomic E-state index is 13.3. The molecule has 40 heavy (non-hydrogen) atoms. The number of benzene rings is 3. The molecule has 0 aliphatic rings. The second kappa shape index (κ2) is 13.5. The summed E-state index contributed by atoms with van der Waals surface area (Å²) in [4.78, 5) is 30.4. The predicted octanol–water partition coefficient (Wildman–Crippen LogP) is 6.59. The molecule has 0 aliphatic carbocycles. The molecule has 8 nitrogen and oxygen atoms in total. The van der Waals surface area contributed by atoms with Gasteiger partial charge in [0.25, 0.3) is 11.5 Å². The topological polar surface area (TPSA) is 94.8 Å². The highest BCUT2D eigenvalue weighted by molar-refractivity contribution is 9.10. The van der Waals surface area contributed by atoms with Crippen molar-refractivity contribution in [2.45, 2.75) is 33.1 Å². The summed E-state index contributed by atoms with van der Waals surface area (Å²) in [7, 11) is 0. The fourth-order valence-corrected chi connectivity index (χ4v) is 4.50. The van der Waals surface area contributed by atoms with Crippen LogP contribution in [0.3, 0.4) is 0 Å². The Hall–Kier alpha value is -3.76. The Morgan fingerprint density at radius 3 is 2.65 bits per heavy atom. The molecule has 208 valence electrons. The first-order valence-electron chi connectivity index (χ1n) is 12.7. The molecule has 0 fully saturated rings. The number of rotatable bonds is 11. The third kappa shape index (κ3) is 7.25. The van der Waals surface area contributed by atoms with Gasteiger partial charge in [-0.2, -0.15) is 9.78 Å². The Balaban J connectivity index is 1.60. The summed E-state index contributed by atoms with van der Waals surface area (Å²) in [6, 6.07) is 14.0. The number of halogens is 3. The molecule has 1 aromatic heterocycles. The number of ether oxygens (including phenoxy) is 2. The smallest absolute Gasteiger partial charge is 0.282 e. The monoisotopic (exact) mass is 628 g/mol. The minimum Gasteiger partial charge on any atom is -0.490 e. The summed E-state index contributed by atoms with van der Waals surface area (Å²) in [6.07, 6.45) is 3.88. The van der Waals surface area contributed by atoms with Crippen molar-refractivity contribution in [2.75, 3.05) is 18.5 Å². The van der Waals surface area contributed by atoms with Crippen molar-refractivity contribution in [3.05, 3.63) is 91.7 Å². The van der Waals surface area contributed by atoms with Crippen LogP contribution in [0, 0.1) is 5.82 Å². The van der Waals surface area contributed by atoms with Crippen LogP contribution in [0.5, 0.6) is 11.5 Å². The van der Waals surface area contributed by atoms with Gasteiger partial charge in [0.2, 0.25) is 0 Å². The molecular formula is C29H27BrClFN4O4. The van der Waals surface area contributed by atoms with Gasteiger partial charge in [0, 0.05) is 16.6 Å². The predicted molar refractivity (Wildman–Crippen MR) is 158 cm³/mol. The van der Waals surface area contributed by atoms with E-state index in [1.807, 2.05) is 6.07 Å². The van der Waals surface area contributed by atoms with E-state index in [-0.39, 0.29) is 22.9 Å². The van der Waals surface area contributed by atoms with E-state index in [9.17, 15) is 14.0 Å². The number of carbonyl (C=O) groups excluding carboxylic acids is 1. The van der Waals surface area contributed by atoms with Crippen molar-refractivity contribution < 1.29 is 18.7 Å². The van der Waals surface area contributed by atoms with Crippen LogP contribution in [0.25, 0.3) is 10.9 Å². The molecule has 0 radical (unpaired) electrons. The molecule has 0 unspecified atom stereocenters. The van der Waals surface area contributed by atoms with Gasteiger partial charge < -0.3 is 14.8 Å². The summed E-state index contributed by atoms with van der Waals surface area (Å²) < 4.78 is 26.6. The van der Waals surface area contributed by atoms with E-state index in [0.717, 1.165) is 17.3 Å². The van der Waals surface area contributed by atoms with Crippen molar-refractivity contribution in [3.63, 3.8) is 0 Å². The standard InChI is InChI=1S/C29H27BrClFN4O4/c1-3-5-6-26-35-24-12-7-19(30)15-22(24)29(38)36(26)33-16-18-13-23(31)28(25(14-18)39-4-2)40-17-27(37)34-21-10-8-20(32)9-11-21/h7-16H,3-6,17H2,1-2H3,(H,34,37). The van der Waals surface area contributed by atoms with Crippen LogP contribution in [0.2, 0.25) is 5.02 Å². The van der Waals surface area contributed by atoms with Crippen molar-refractivity contribution in [1.82, 2.24) is 9.66 Å². The molecular weight excluding hydrogens is 603 g/mol.